The van der Waals surface area contributed by atoms with Gasteiger partial charge in [-0.05, 0) is 35.4 Å². The summed E-state index contributed by atoms with van der Waals surface area (Å²) in [5.41, 5.74) is 6.16. The Kier molecular flexibility index (Phi) is 3.48. The van der Waals surface area contributed by atoms with Gasteiger partial charge in [0, 0.05) is 39.8 Å². The average molecular weight is 350 g/mol. The first kappa shape index (κ1) is 16.0. The molecule has 0 bridgehead atoms. The lowest BCUT2D eigenvalue weighted by Crippen LogP contribution is -2.18. The van der Waals surface area contributed by atoms with Crippen molar-refractivity contribution in [1.29, 1.82) is 0 Å². The maximum atomic E-state index is 3.44. The molecule has 132 valence electrons. The zero-order valence-electron chi connectivity index (χ0n) is 15.6. The number of nitrogens with one attached hydrogen (secondary N) is 1. The van der Waals surface area contributed by atoms with Crippen molar-refractivity contribution in [3.05, 3.63) is 102 Å². The van der Waals surface area contributed by atoms with Crippen LogP contribution in [-0.2, 0) is 5.41 Å². The van der Waals surface area contributed by atoms with E-state index < -0.39 is 0 Å². The lowest BCUT2D eigenvalue weighted by molar-refractivity contribution is 0.651. The van der Waals surface area contributed by atoms with E-state index in [9.17, 15) is 0 Å². The van der Waals surface area contributed by atoms with Gasteiger partial charge in [0.15, 0.2) is 0 Å². The predicted molar refractivity (Wildman–Crippen MR) is 114 cm³/mol. The lowest BCUT2D eigenvalue weighted by Gasteiger charge is -2.24. The van der Waals surface area contributed by atoms with E-state index in [1.165, 1.54) is 38.6 Å². The van der Waals surface area contributed by atoms with Gasteiger partial charge >= 0.3 is 0 Å². The molecule has 0 saturated heterocycles. The Bertz CT molecular complexity index is 1240. The highest BCUT2D eigenvalue weighted by Gasteiger charge is 2.29. The Hall–Kier alpha value is -3.26. The first-order valence-electron chi connectivity index (χ1n) is 9.39. The van der Waals surface area contributed by atoms with Crippen molar-refractivity contribution in [2.75, 3.05) is 0 Å². The maximum Gasteiger partial charge on any atom is 0.0531 e. The third-order valence-electron chi connectivity index (χ3n) is 5.68. The van der Waals surface area contributed by atoms with E-state index >= 15 is 0 Å². The monoisotopic (exact) mass is 350 g/mol. The molecular formula is C25H22N2. The molecule has 2 heterocycles. The SMILES string of the molecule is CC(C)(c1c[nH]c2ccccc12)c1cn(-c2ccccc2)c2ccccc12. The molecule has 0 aliphatic heterocycles. The van der Waals surface area contributed by atoms with E-state index in [-0.39, 0.29) is 5.41 Å². The molecule has 0 radical (unpaired) electrons. The van der Waals surface area contributed by atoms with Gasteiger partial charge in [-0.2, -0.15) is 0 Å². The third-order valence-corrected chi connectivity index (χ3v) is 5.68. The van der Waals surface area contributed by atoms with Gasteiger partial charge in [-0.15, -0.1) is 0 Å². The molecule has 0 unspecified atom stereocenters. The zero-order chi connectivity index (χ0) is 18.4. The molecule has 5 rings (SSSR count). The van der Waals surface area contributed by atoms with Crippen molar-refractivity contribution >= 4 is 21.8 Å². The maximum absolute atomic E-state index is 3.44. The second-order valence-electron chi connectivity index (χ2n) is 7.64. The Morgan fingerprint density at radius 1 is 0.704 bits per heavy atom. The van der Waals surface area contributed by atoms with Crippen LogP contribution in [0.5, 0.6) is 0 Å². The largest absolute Gasteiger partial charge is 0.361 e. The molecule has 2 heteroatoms. The van der Waals surface area contributed by atoms with Crippen LogP contribution in [0.15, 0.2) is 91.3 Å². The van der Waals surface area contributed by atoms with Gasteiger partial charge in [0.25, 0.3) is 0 Å². The molecule has 27 heavy (non-hydrogen) atoms. The molecule has 1 N–H and O–H groups in total. The predicted octanol–water partition coefficient (Wildman–Crippen LogP) is 6.44. The number of fused-ring (bicyclic) bond motifs is 2. The van der Waals surface area contributed by atoms with Crippen molar-refractivity contribution < 1.29 is 0 Å². The van der Waals surface area contributed by atoms with Crippen LogP contribution < -0.4 is 0 Å². The number of aromatic amines is 1. The number of rotatable bonds is 3. The van der Waals surface area contributed by atoms with E-state index in [1.807, 2.05) is 0 Å². The molecule has 0 spiro atoms. The van der Waals surface area contributed by atoms with Crippen LogP contribution >= 0.6 is 0 Å². The van der Waals surface area contributed by atoms with Crippen molar-refractivity contribution in [3.8, 4) is 5.69 Å². The van der Waals surface area contributed by atoms with Crippen LogP contribution in [0.25, 0.3) is 27.5 Å². The highest BCUT2D eigenvalue weighted by Crippen LogP contribution is 2.40. The van der Waals surface area contributed by atoms with E-state index in [1.54, 1.807) is 0 Å². The fraction of sp³-hybridized carbons (Fsp3) is 0.120. The Labute approximate surface area is 159 Å². The highest BCUT2D eigenvalue weighted by molar-refractivity contribution is 5.90. The Morgan fingerprint density at radius 3 is 2.19 bits per heavy atom. The number of aromatic nitrogens is 2. The molecule has 2 nitrogen and oxygen atoms in total. The average Bonchev–Trinajstić information content (AvgIpc) is 3.31. The quantitative estimate of drug-likeness (QED) is 0.387. The third kappa shape index (κ3) is 2.41. The van der Waals surface area contributed by atoms with E-state index in [0.29, 0.717) is 0 Å². The van der Waals surface area contributed by atoms with Crippen LogP contribution in [0.3, 0.4) is 0 Å². The Balaban J connectivity index is 1.78. The van der Waals surface area contributed by atoms with E-state index in [4.69, 9.17) is 0 Å². The fourth-order valence-corrected chi connectivity index (χ4v) is 4.21. The number of hydrogen-bond donors (Lipinski definition) is 1. The van der Waals surface area contributed by atoms with Crippen molar-refractivity contribution in [3.63, 3.8) is 0 Å². The summed E-state index contributed by atoms with van der Waals surface area (Å²) >= 11 is 0. The summed E-state index contributed by atoms with van der Waals surface area (Å²) in [4.78, 5) is 3.44. The molecule has 2 aromatic heterocycles. The number of nitrogens with zero attached hydrogens (tertiary/aromatic N) is 1. The molecular weight excluding hydrogens is 328 g/mol. The zero-order valence-corrected chi connectivity index (χ0v) is 15.6. The lowest BCUT2D eigenvalue weighted by atomic mass is 9.78. The van der Waals surface area contributed by atoms with Gasteiger partial charge in [-0.25, -0.2) is 0 Å². The number of para-hydroxylation sites is 3. The van der Waals surface area contributed by atoms with E-state index in [0.717, 1.165) is 0 Å². The van der Waals surface area contributed by atoms with Crippen LogP contribution in [-0.4, -0.2) is 9.55 Å². The van der Waals surface area contributed by atoms with Crippen molar-refractivity contribution in [1.82, 2.24) is 9.55 Å². The summed E-state index contributed by atoms with van der Waals surface area (Å²) in [5.74, 6) is 0. The molecule has 3 aromatic carbocycles. The molecule has 0 fully saturated rings. The van der Waals surface area contributed by atoms with E-state index in [2.05, 4.69) is 115 Å². The standard InChI is InChI=1S/C25H22N2/c1-25(2,21-16-26-23-14-8-6-12-19(21)23)22-17-27(18-10-4-3-5-11-18)24-15-9-7-13-20(22)24/h3-17,26H,1-2H3. The highest BCUT2D eigenvalue weighted by atomic mass is 15.0. The van der Waals surface area contributed by atoms with Gasteiger partial charge in [0.05, 0.1) is 5.52 Å². The second-order valence-corrected chi connectivity index (χ2v) is 7.64. The molecule has 0 aliphatic carbocycles. The summed E-state index contributed by atoms with van der Waals surface area (Å²) in [6.07, 6.45) is 4.47. The first-order valence-corrected chi connectivity index (χ1v) is 9.39. The van der Waals surface area contributed by atoms with Gasteiger partial charge in [-0.1, -0.05) is 68.4 Å². The molecule has 0 atom stereocenters. The topological polar surface area (TPSA) is 20.7 Å². The summed E-state index contributed by atoms with van der Waals surface area (Å²) in [6, 6.07) is 27.8. The molecule has 5 aromatic rings. The number of H-pyrrole nitrogens is 1. The summed E-state index contributed by atoms with van der Waals surface area (Å²) in [5, 5.41) is 2.59. The second kappa shape index (κ2) is 5.88. The summed E-state index contributed by atoms with van der Waals surface area (Å²) in [7, 11) is 0. The first-order chi connectivity index (χ1) is 13.2. The Morgan fingerprint density at radius 2 is 1.37 bits per heavy atom. The molecule has 0 amide bonds. The van der Waals surface area contributed by atoms with Crippen molar-refractivity contribution in [2.24, 2.45) is 0 Å². The smallest absolute Gasteiger partial charge is 0.0531 e. The van der Waals surface area contributed by atoms with Crippen LogP contribution in [0.2, 0.25) is 0 Å². The fourth-order valence-electron chi connectivity index (χ4n) is 4.21. The minimum atomic E-state index is -0.126. The molecule has 0 aliphatic rings. The summed E-state index contributed by atoms with van der Waals surface area (Å²) in [6.45, 7) is 4.64. The van der Waals surface area contributed by atoms with Crippen LogP contribution in [0.4, 0.5) is 0 Å². The minimum Gasteiger partial charge on any atom is -0.361 e. The van der Waals surface area contributed by atoms with Crippen molar-refractivity contribution in [2.45, 2.75) is 19.3 Å². The van der Waals surface area contributed by atoms with Gasteiger partial charge in [-0.3, -0.25) is 0 Å². The minimum absolute atomic E-state index is 0.126. The van der Waals surface area contributed by atoms with Gasteiger partial charge in [0.1, 0.15) is 0 Å². The number of hydrogen-bond acceptors (Lipinski definition) is 0. The van der Waals surface area contributed by atoms with Crippen LogP contribution in [0.1, 0.15) is 25.0 Å². The van der Waals surface area contributed by atoms with Gasteiger partial charge in [0.2, 0.25) is 0 Å². The molecule has 0 saturated carbocycles. The normalized spacial score (nSPS) is 12.1. The van der Waals surface area contributed by atoms with Crippen LogP contribution in [0, 0.1) is 0 Å². The van der Waals surface area contributed by atoms with Gasteiger partial charge < -0.3 is 9.55 Å². The summed E-state index contributed by atoms with van der Waals surface area (Å²) < 4.78 is 2.31. The number of benzene rings is 3.